The van der Waals surface area contributed by atoms with Crippen LogP contribution >= 0.6 is 15.9 Å². The lowest BCUT2D eigenvalue weighted by Crippen LogP contribution is -2.45. The number of amides is 1. The summed E-state index contributed by atoms with van der Waals surface area (Å²) in [6.07, 6.45) is 2.24. The molecule has 18 heavy (non-hydrogen) atoms. The van der Waals surface area contributed by atoms with E-state index in [1.165, 1.54) is 0 Å². The second kappa shape index (κ2) is 7.16. The molecule has 1 rings (SSSR count). The zero-order valence-corrected chi connectivity index (χ0v) is 11.8. The summed E-state index contributed by atoms with van der Waals surface area (Å²) in [5, 5.41) is 2.41. The van der Waals surface area contributed by atoms with Crippen molar-refractivity contribution < 1.29 is 18.4 Å². The molecule has 1 aliphatic carbocycles. The topological polar surface area (TPSA) is 46.2 Å². The minimum atomic E-state index is -3.02. The molecule has 1 aliphatic rings. The van der Waals surface area contributed by atoms with Gasteiger partial charge in [0.25, 0.3) is 5.91 Å². The largest absolute Gasteiger partial charge is 0.350 e. The Hall–Kier alpha value is -0.520. The number of hydrogen-bond donors (Lipinski definition) is 1. The molecule has 0 spiro atoms. The Morgan fingerprint density at radius 2 is 1.72 bits per heavy atom. The van der Waals surface area contributed by atoms with Gasteiger partial charge in [-0.05, 0) is 12.8 Å². The van der Waals surface area contributed by atoms with Crippen molar-refractivity contribution in [3.05, 3.63) is 0 Å². The van der Waals surface area contributed by atoms with Crippen molar-refractivity contribution in [2.45, 2.75) is 45.0 Å². The SMILES string of the molecule is O=C(NCC1(C(=O)CBr)CCCCCC1)C(F)F. The second-order valence-corrected chi connectivity index (χ2v) is 5.33. The molecular formula is C12H18BrF2NO2. The molecule has 0 aliphatic heterocycles. The van der Waals surface area contributed by atoms with Gasteiger partial charge in [-0.1, -0.05) is 41.6 Å². The molecule has 1 N–H and O–H groups in total. The van der Waals surface area contributed by atoms with Crippen LogP contribution in [0.2, 0.25) is 0 Å². The Kier molecular flexibility index (Phi) is 6.18. The van der Waals surface area contributed by atoms with Crippen molar-refractivity contribution in [2.75, 3.05) is 11.9 Å². The van der Waals surface area contributed by atoms with Crippen LogP contribution in [0.5, 0.6) is 0 Å². The maximum absolute atomic E-state index is 12.2. The Morgan fingerprint density at radius 3 is 2.17 bits per heavy atom. The van der Waals surface area contributed by atoms with E-state index in [4.69, 9.17) is 0 Å². The highest BCUT2D eigenvalue weighted by molar-refractivity contribution is 9.09. The van der Waals surface area contributed by atoms with E-state index in [9.17, 15) is 18.4 Å². The summed E-state index contributed by atoms with van der Waals surface area (Å²) in [5.41, 5.74) is -0.662. The standard InChI is InChI=1S/C12H18BrF2NO2/c13-7-9(17)12(5-3-1-2-4-6-12)8-16-11(18)10(14)15/h10H,1-8H2,(H,16,18). The fourth-order valence-corrected chi connectivity index (χ4v) is 3.03. The van der Waals surface area contributed by atoms with Gasteiger partial charge in [0, 0.05) is 12.0 Å². The van der Waals surface area contributed by atoms with E-state index in [1.54, 1.807) is 0 Å². The molecular weight excluding hydrogens is 308 g/mol. The zero-order valence-electron chi connectivity index (χ0n) is 10.2. The molecule has 0 aromatic carbocycles. The summed E-state index contributed by atoms with van der Waals surface area (Å²) < 4.78 is 24.3. The maximum atomic E-state index is 12.2. The van der Waals surface area contributed by atoms with Gasteiger partial charge in [0.1, 0.15) is 0 Å². The first kappa shape index (κ1) is 15.5. The number of alkyl halides is 3. The molecule has 104 valence electrons. The molecule has 3 nitrogen and oxygen atoms in total. The third-order valence-electron chi connectivity index (χ3n) is 3.57. The lowest BCUT2D eigenvalue weighted by molar-refractivity contribution is -0.133. The van der Waals surface area contributed by atoms with Crippen LogP contribution in [0, 0.1) is 5.41 Å². The minimum absolute atomic E-state index is 0.000957. The first-order chi connectivity index (χ1) is 8.52. The molecule has 6 heteroatoms. The van der Waals surface area contributed by atoms with E-state index in [0.717, 1.165) is 25.7 Å². The Labute approximate surface area is 114 Å². The number of ketones is 1. The first-order valence-electron chi connectivity index (χ1n) is 6.17. The monoisotopic (exact) mass is 325 g/mol. The smallest absolute Gasteiger partial charge is 0.315 e. The van der Waals surface area contributed by atoms with Crippen molar-refractivity contribution in [3.63, 3.8) is 0 Å². The van der Waals surface area contributed by atoms with Crippen LogP contribution in [0.15, 0.2) is 0 Å². The van der Waals surface area contributed by atoms with E-state index in [2.05, 4.69) is 21.2 Å². The number of halogens is 3. The van der Waals surface area contributed by atoms with Gasteiger partial charge < -0.3 is 5.32 Å². The van der Waals surface area contributed by atoms with E-state index >= 15 is 0 Å². The Balaban J connectivity index is 2.71. The average molecular weight is 326 g/mol. The van der Waals surface area contributed by atoms with Gasteiger partial charge in [-0.3, -0.25) is 9.59 Å². The summed E-state index contributed by atoms with van der Waals surface area (Å²) in [6, 6.07) is 0. The molecule has 0 aromatic heterocycles. The fourth-order valence-electron chi connectivity index (χ4n) is 2.43. The molecule has 1 fully saturated rings. The Morgan fingerprint density at radius 1 is 1.17 bits per heavy atom. The number of hydrogen-bond acceptors (Lipinski definition) is 2. The molecule has 0 heterocycles. The van der Waals surface area contributed by atoms with Gasteiger partial charge in [0.15, 0.2) is 5.78 Å². The van der Waals surface area contributed by atoms with Gasteiger partial charge in [0.2, 0.25) is 0 Å². The molecule has 0 radical (unpaired) electrons. The number of rotatable bonds is 5. The summed E-state index contributed by atoms with van der Waals surface area (Å²) in [6.45, 7) is 0.0284. The van der Waals surface area contributed by atoms with Gasteiger partial charge in [-0.25, -0.2) is 0 Å². The predicted molar refractivity (Wildman–Crippen MR) is 67.9 cm³/mol. The third-order valence-corrected chi connectivity index (χ3v) is 4.08. The van der Waals surface area contributed by atoms with Crippen LogP contribution in [-0.4, -0.2) is 30.0 Å². The van der Waals surface area contributed by atoms with E-state index in [1.807, 2.05) is 0 Å². The average Bonchev–Trinajstić information content (AvgIpc) is 2.61. The molecule has 0 bridgehead atoms. The highest BCUT2D eigenvalue weighted by atomic mass is 79.9. The van der Waals surface area contributed by atoms with Crippen LogP contribution in [0.3, 0.4) is 0 Å². The molecule has 1 saturated carbocycles. The van der Waals surface area contributed by atoms with Gasteiger partial charge in [-0.2, -0.15) is 8.78 Å². The van der Waals surface area contributed by atoms with Crippen molar-refractivity contribution >= 4 is 27.6 Å². The highest BCUT2D eigenvalue weighted by Gasteiger charge is 2.38. The Bertz CT molecular complexity index is 302. The van der Waals surface area contributed by atoms with Crippen LogP contribution in [-0.2, 0) is 9.59 Å². The summed E-state index contributed by atoms with van der Waals surface area (Å²) >= 11 is 3.14. The van der Waals surface area contributed by atoms with Crippen LogP contribution in [0.4, 0.5) is 8.78 Å². The quantitative estimate of drug-likeness (QED) is 0.624. The number of carbonyl (C=O) groups is 2. The lowest BCUT2D eigenvalue weighted by atomic mass is 9.77. The lowest BCUT2D eigenvalue weighted by Gasteiger charge is -2.30. The second-order valence-electron chi connectivity index (χ2n) is 4.77. The van der Waals surface area contributed by atoms with Crippen LogP contribution < -0.4 is 5.32 Å². The van der Waals surface area contributed by atoms with E-state index in [0.29, 0.717) is 12.8 Å². The number of Topliss-reactive ketones (excluding diaryl/α,β-unsaturated/α-hetero) is 1. The highest BCUT2D eigenvalue weighted by Crippen LogP contribution is 2.36. The van der Waals surface area contributed by atoms with E-state index in [-0.39, 0.29) is 17.7 Å². The van der Waals surface area contributed by atoms with Crippen molar-refractivity contribution in [1.82, 2.24) is 5.32 Å². The van der Waals surface area contributed by atoms with Crippen molar-refractivity contribution in [1.29, 1.82) is 0 Å². The van der Waals surface area contributed by atoms with E-state index < -0.39 is 17.7 Å². The predicted octanol–water partition coefficient (Wildman–Crippen LogP) is 2.67. The molecule has 0 saturated heterocycles. The third kappa shape index (κ3) is 4.00. The summed E-state index contributed by atoms with van der Waals surface area (Å²) in [4.78, 5) is 23.0. The summed E-state index contributed by atoms with van der Waals surface area (Å²) in [5.74, 6) is -1.29. The van der Waals surface area contributed by atoms with Gasteiger partial charge >= 0.3 is 6.43 Å². The first-order valence-corrected chi connectivity index (χ1v) is 7.29. The zero-order chi connectivity index (χ0) is 13.6. The molecule has 0 aromatic rings. The number of nitrogens with one attached hydrogen (secondary N) is 1. The molecule has 1 amide bonds. The normalized spacial score (nSPS) is 19.3. The number of carbonyl (C=O) groups excluding carboxylic acids is 2. The fraction of sp³-hybridized carbons (Fsp3) is 0.833. The van der Waals surface area contributed by atoms with Crippen molar-refractivity contribution in [3.8, 4) is 0 Å². The maximum Gasteiger partial charge on any atom is 0.315 e. The van der Waals surface area contributed by atoms with Crippen LogP contribution in [0.25, 0.3) is 0 Å². The minimum Gasteiger partial charge on any atom is -0.350 e. The molecule has 0 atom stereocenters. The summed E-state index contributed by atoms with van der Waals surface area (Å²) in [7, 11) is 0. The van der Waals surface area contributed by atoms with Crippen LogP contribution in [0.1, 0.15) is 38.5 Å². The van der Waals surface area contributed by atoms with Gasteiger partial charge in [-0.15, -0.1) is 0 Å². The van der Waals surface area contributed by atoms with Crippen molar-refractivity contribution in [2.24, 2.45) is 5.41 Å². The molecule has 0 unspecified atom stereocenters. The van der Waals surface area contributed by atoms with Gasteiger partial charge in [0.05, 0.1) is 5.33 Å².